The lowest BCUT2D eigenvalue weighted by molar-refractivity contribution is -0.185. The smallest absolute Gasteiger partial charge is 0.257 e. The number of carbonyl (C=O) groups is 7. The van der Waals surface area contributed by atoms with Gasteiger partial charge in [0.05, 0.1) is 69.9 Å². The summed E-state index contributed by atoms with van der Waals surface area (Å²) in [6.45, 7) is 94.4. The first-order valence-corrected chi connectivity index (χ1v) is 55.8. The van der Waals surface area contributed by atoms with Crippen molar-refractivity contribution in [2.75, 3.05) is 94.2 Å². The number of nitrogens with zero attached hydrogens (tertiary/aromatic N) is 13. The van der Waals surface area contributed by atoms with Crippen LogP contribution in [0.15, 0.2) is 0 Å². The maximum Gasteiger partial charge on any atom is 0.257 e. The lowest BCUT2D eigenvalue weighted by Crippen LogP contribution is -2.67. The van der Waals surface area contributed by atoms with Crippen molar-refractivity contribution in [3.05, 3.63) is 0 Å². The van der Waals surface area contributed by atoms with Crippen molar-refractivity contribution in [3.63, 3.8) is 0 Å². The Morgan fingerprint density at radius 3 is 0.497 bits per heavy atom. The SMILES string of the molecule is CCC(O)CN1C(=O)C2(CC(C)(C)N(C)C(C)(C)C2)OC1(C)C.CCC(O)CN1C(=O)C2(CC(C)(C)N(C)C(C)(C)C2)OC1(C)C.CCN1C(C)(C)CC2(CC1(C)C)OC(C)(C)N(CC(O)CN1C(=O)C3(CC(C)(C)NC(C)(C)C3)OC1(C)C)C2=O.CN1C(C)(C)CC2(CC1(C)C)OC(C)(C)N(CC(O)CN1C(=O)C3(CC(C)(C)N(C)C(C)(C)C3)OC1(C)C)C2=O.CN1C(C)(C)CC2(CC1(C)C)OC(C)(C)N(CC(O)CO)C2=O. The van der Waals surface area contributed by atoms with Gasteiger partial charge in [-0.1, -0.05) is 20.8 Å². The molecule has 0 aromatic rings. The van der Waals surface area contributed by atoms with Crippen LogP contribution in [-0.2, 0) is 66.7 Å². The number of aliphatic hydroxyl groups excluding tert-OH is 6. The number of amides is 7. The van der Waals surface area contributed by atoms with Gasteiger partial charge in [-0.15, -0.1) is 0 Å². The maximum atomic E-state index is 14.2. The Hall–Kier alpha value is -4.51. The molecule has 7 amide bonds. The normalized spacial score (nSPS) is 30.9. The molecular weight excluding hydrogens is 1900 g/mol. The Kier molecular flexibility index (Phi) is 33.5. The number of ether oxygens (including phenoxy) is 7. The molecule has 14 rings (SSSR count). The molecule has 14 heterocycles. The molecule has 34 nitrogen and oxygen atoms in total. The van der Waals surface area contributed by atoms with Gasteiger partial charge in [-0.05, 0) is 345 Å². The van der Waals surface area contributed by atoms with E-state index in [1.807, 2.05) is 111 Å². The maximum absolute atomic E-state index is 14.2. The first-order valence-electron chi connectivity index (χ1n) is 55.8. The van der Waals surface area contributed by atoms with Gasteiger partial charge >= 0.3 is 0 Å². The fourth-order valence-corrected chi connectivity index (χ4v) is 31.5. The van der Waals surface area contributed by atoms with E-state index in [9.17, 15) is 59.1 Å². The molecule has 14 aliphatic heterocycles. The van der Waals surface area contributed by atoms with E-state index in [1.54, 1.807) is 34.3 Å². The molecule has 862 valence electrons. The summed E-state index contributed by atoms with van der Waals surface area (Å²) in [6.07, 6.45) is 5.81. The molecule has 4 atom stereocenters. The Balaban J connectivity index is 0.000000195. The van der Waals surface area contributed by atoms with Crippen LogP contribution < -0.4 is 5.32 Å². The van der Waals surface area contributed by atoms with Crippen LogP contribution in [0.25, 0.3) is 0 Å². The second-order valence-corrected chi connectivity index (χ2v) is 60.1. The molecule has 149 heavy (non-hydrogen) atoms. The van der Waals surface area contributed by atoms with Gasteiger partial charge in [0.2, 0.25) is 0 Å². The van der Waals surface area contributed by atoms with Gasteiger partial charge in [-0.3, -0.25) is 63.0 Å². The summed E-state index contributed by atoms with van der Waals surface area (Å²) in [5, 5.41) is 65.5. The minimum absolute atomic E-state index is 0.0317. The zero-order valence-corrected chi connectivity index (χ0v) is 103. The van der Waals surface area contributed by atoms with E-state index >= 15 is 0 Å². The fraction of sp³-hybridized carbons (Fsp3) is 0.939. The zero-order chi connectivity index (χ0) is 115. The number of piperidine rings is 7. The van der Waals surface area contributed by atoms with Crippen LogP contribution in [0.2, 0.25) is 0 Å². The number of hydrogen-bond acceptors (Lipinski definition) is 27. The zero-order valence-electron chi connectivity index (χ0n) is 103. The van der Waals surface area contributed by atoms with Crippen molar-refractivity contribution in [2.45, 2.75) is 602 Å². The second kappa shape index (κ2) is 39.5. The molecule has 34 heteroatoms. The summed E-state index contributed by atoms with van der Waals surface area (Å²) in [6, 6.07) is 0. The van der Waals surface area contributed by atoms with E-state index in [0.29, 0.717) is 116 Å². The van der Waals surface area contributed by atoms with E-state index in [0.717, 1.165) is 6.54 Å². The number of β-amino-alcohol motifs (C(OH)–C–C–N with tert-alkyl or cyclic N) is 5. The van der Waals surface area contributed by atoms with Gasteiger partial charge in [-0.25, -0.2) is 0 Å². The summed E-state index contributed by atoms with van der Waals surface area (Å²) in [5.41, 5.74) is -14.9. The van der Waals surface area contributed by atoms with E-state index in [1.165, 1.54) is 0 Å². The molecule has 14 saturated heterocycles. The summed E-state index contributed by atoms with van der Waals surface area (Å²) in [7, 11) is 10.5. The molecule has 0 radical (unpaired) electrons. The fourth-order valence-electron chi connectivity index (χ4n) is 31.5. The van der Waals surface area contributed by atoms with E-state index < -0.39 is 110 Å². The number of aliphatic hydroxyl groups is 6. The first kappa shape index (κ1) is 126. The molecule has 0 aromatic carbocycles. The van der Waals surface area contributed by atoms with Crippen molar-refractivity contribution >= 4 is 41.4 Å². The summed E-state index contributed by atoms with van der Waals surface area (Å²) in [5.74, 6) is -0.337. The van der Waals surface area contributed by atoms with Crippen molar-refractivity contribution in [2.24, 2.45) is 0 Å². The van der Waals surface area contributed by atoms with Gasteiger partial charge in [0, 0.05) is 181 Å². The van der Waals surface area contributed by atoms with Gasteiger partial charge in [0.25, 0.3) is 41.4 Å². The molecule has 0 saturated carbocycles. The molecule has 14 aliphatic rings. The molecular formula is C115H212N14O20. The van der Waals surface area contributed by atoms with Crippen LogP contribution in [0, 0.1) is 0 Å². The van der Waals surface area contributed by atoms with Crippen LogP contribution in [0.5, 0.6) is 0 Å². The summed E-state index contributed by atoms with van der Waals surface area (Å²) < 4.78 is 45.6. The average molecular weight is 2110 g/mol. The predicted octanol–water partition coefficient (Wildman–Crippen LogP) is 12.9. The molecule has 14 fully saturated rings. The Morgan fingerprint density at radius 2 is 0.356 bits per heavy atom. The van der Waals surface area contributed by atoms with Crippen molar-refractivity contribution in [3.8, 4) is 0 Å². The monoisotopic (exact) mass is 2110 g/mol. The Labute approximate surface area is 898 Å². The third-order valence-electron chi connectivity index (χ3n) is 37.6. The third-order valence-corrected chi connectivity index (χ3v) is 37.6. The molecule has 0 bridgehead atoms. The van der Waals surface area contributed by atoms with Gasteiger partial charge in [-0.2, -0.15) is 0 Å². The Morgan fingerprint density at radius 1 is 0.221 bits per heavy atom. The number of carbonyl (C=O) groups excluding carboxylic acids is 7. The molecule has 7 N–H and O–H groups in total. The minimum atomic E-state index is -0.957. The first-order chi connectivity index (χ1) is 66.4. The van der Waals surface area contributed by atoms with Gasteiger partial charge in [0.15, 0.2) is 39.2 Å². The van der Waals surface area contributed by atoms with Gasteiger partial charge < -0.3 is 103 Å². The van der Waals surface area contributed by atoms with Crippen molar-refractivity contribution < 1.29 is 97.4 Å². The highest BCUT2D eigenvalue weighted by Crippen LogP contribution is 2.60. The largest absolute Gasteiger partial charge is 0.394 e. The van der Waals surface area contributed by atoms with Crippen LogP contribution in [0.3, 0.4) is 0 Å². The number of rotatable bonds is 18. The van der Waals surface area contributed by atoms with Crippen LogP contribution >= 0.6 is 0 Å². The van der Waals surface area contributed by atoms with Gasteiger partial charge in [0.1, 0.15) is 40.1 Å². The minimum Gasteiger partial charge on any atom is -0.394 e. The Bertz CT molecular complexity index is 4490. The lowest BCUT2D eigenvalue weighted by Gasteiger charge is -2.57. The van der Waals surface area contributed by atoms with E-state index in [-0.39, 0.29) is 158 Å². The molecule has 0 aromatic heterocycles. The van der Waals surface area contributed by atoms with Crippen LogP contribution in [0.1, 0.15) is 414 Å². The molecule has 0 aliphatic carbocycles. The van der Waals surface area contributed by atoms with Crippen LogP contribution in [0.4, 0.5) is 0 Å². The average Bonchev–Trinajstić information content (AvgIpc) is 1.58. The third kappa shape index (κ3) is 23.8. The predicted molar refractivity (Wildman–Crippen MR) is 581 cm³/mol. The number of likely N-dealkylation sites (tertiary alicyclic amines) is 6. The lowest BCUT2D eigenvalue weighted by atomic mass is 9.70. The number of nitrogens with one attached hydrogen (secondary N) is 1. The number of hydrogen-bond donors (Lipinski definition) is 7. The van der Waals surface area contributed by atoms with E-state index in [4.69, 9.17) is 38.3 Å². The highest BCUT2D eigenvalue weighted by Gasteiger charge is 2.73. The van der Waals surface area contributed by atoms with Crippen molar-refractivity contribution in [1.82, 2.24) is 69.0 Å². The molecule has 4 unspecified atom stereocenters. The van der Waals surface area contributed by atoms with Crippen molar-refractivity contribution in [1.29, 1.82) is 0 Å². The summed E-state index contributed by atoms with van der Waals surface area (Å²) in [4.78, 5) is 122. The molecule has 7 spiro atoms. The highest BCUT2D eigenvalue weighted by molar-refractivity contribution is 5.93. The topological polar surface area (TPSA) is 360 Å². The quantitative estimate of drug-likeness (QED) is 0.0670. The second-order valence-electron chi connectivity index (χ2n) is 60.1. The summed E-state index contributed by atoms with van der Waals surface area (Å²) >= 11 is 0. The highest BCUT2D eigenvalue weighted by atomic mass is 16.6. The van der Waals surface area contributed by atoms with Crippen LogP contribution in [-0.4, -0.2) is 417 Å². The van der Waals surface area contributed by atoms with E-state index in [2.05, 4.69) is 271 Å². The standard InChI is InChI=1S/2C31H56N4O5.2C18H34N2O3.C17H32N2O4/c1-24(2)17-30(18-25(3,4)32(24)13)22(37)34(28(9,10)39-30)15-21(36)16-35-23(38)31(40-29(35,11)12)19-26(5,6)33(14)27(7,8)20-31;1-14-35-26(6,7)19-31(20-27(35,8)9)23(38)34(29(12,13)40-31)16-21(36)15-33-22(37)30(39-28(33,10)11)17-24(2,3)32-25(4,5)18-30;2*1-9-13(21)10-20-14(22)18(23-17(20,6)7)11-15(2,3)19(8)16(4,5)12-18;1-14(2)10-17(11-15(3,4)18(14)7)13(22)19(8-12(21)9-20)16(5,6)23-17/h21,36H,15-20H2,1-14H3;21,32,36H,14-20H2,1-13H3;2*13,21H,9-12H2,1-8H3;12,20-21H,8-11H2,1-7H3.